The van der Waals surface area contributed by atoms with E-state index in [0.29, 0.717) is 10.3 Å². The third kappa shape index (κ3) is 2.72. The predicted molar refractivity (Wildman–Crippen MR) is 65.0 cm³/mol. The van der Waals surface area contributed by atoms with E-state index in [-0.39, 0.29) is 5.79 Å². The van der Waals surface area contributed by atoms with Gasteiger partial charge in [0.2, 0.25) is 0 Å². The zero-order valence-corrected chi connectivity index (χ0v) is 11.4. The van der Waals surface area contributed by atoms with Gasteiger partial charge in [-0.25, -0.2) is 0 Å². The quantitative estimate of drug-likeness (QED) is 0.595. The van der Waals surface area contributed by atoms with E-state index in [4.69, 9.17) is 9.47 Å². The van der Waals surface area contributed by atoms with Crippen molar-refractivity contribution in [2.75, 3.05) is 13.2 Å². The number of rotatable bonds is 0. The highest BCUT2D eigenvalue weighted by Gasteiger charge is 2.49. The van der Waals surface area contributed by atoms with Crippen LogP contribution in [0.4, 0.5) is 0 Å². The molecule has 2 aliphatic rings. The Kier molecular flexibility index (Phi) is 2.90. The van der Waals surface area contributed by atoms with Gasteiger partial charge in [-0.15, -0.1) is 8.58 Å². The van der Waals surface area contributed by atoms with E-state index in [1.165, 1.54) is 0 Å². The Labute approximate surface area is 94.9 Å². The van der Waals surface area contributed by atoms with E-state index in [2.05, 4.69) is 27.7 Å². The minimum Gasteiger partial charge on any atom is -0.350 e. The van der Waals surface area contributed by atoms with Gasteiger partial charge in [0.05, 0.1) is 13.2 Å². The van der Waals surface area contributed by atoms with Gasteiger partial charge in [-0.3, -0.25) is 0 Å². The molecule has 0 aromatic heterocycles. The number of hydrogen-bond acceptors (Lipinski definition) is 2. The lowest BCUT2D eigenvalue weighted by atomic mass is 9.91. The Bertz CT molecular complexity index is 224. The van der Waals surface area contributed by atoms with Crippen LogP contribution in [0.3, 0.4) is 0 Å². The molecule has 3 heteroatoms. The van der Waals surface area contributed by atoms with E-state index in [1.54, 1.807) is 0 Å². The van der Waals surface area contributed by atoms with Gasteiger partial charge in [0.15, 0.2) is 5.79 Å². The molecule has 0 aliphatic carbocycles. The van der Waals surface area contributed by atoms with Crippen molar-refractivity contribution in [1.82, 2.24) is 0 Å². The third-order valence-corrected chi connectivity index (χ3v) is 4.83. The zero-order chi connectivity index (χ0) is 11.2. The average Bonchev–Trinajstić information content (AvgIpc) is 1.97. The molecule has 2 heterocycles. The maximum absolute atomic E-state index is 5.96. The van der Waals surface area contributed by atoms with Gasteiger partial charge in [0, 0.05) is 12.8 Å². The summed E-state index contributed by atoms with van der Waals surface area (Å²) in [6.07, 6.45) is 3.16. The monoisotopic (exact) mass is 230 g/mol. The lowest BCUT2D eigenvalue weighted by Crippen LogP contribution is -2.52. The largest absolute Gasteiger partial charge is 0.350 e. The summed E-state index contributed by atoms with van der Waals surface area (Å²) < 4.78 is 11.9. The van der Waals surface area contributed by atoms with Crippen LogP contribution < -0.4 is 0 Å². The van der Waals surface area contributed by atoms with Crippen molar-refractivity contribution in [3.05, 3.63) is 0 Å². The van der Waals surface area contributed by atoms with Crippen LogP contribution in [0.25, 0.3) is 0 Å². The third-order valence-electron chi connectivity index (χ3n) is 3.12. The molecule has 2 nitrogen and oxygen atoms in total. The SMILES string of the molecule is CC1(C)CC2(CC(C)(C)P1)OCCCO2. The lowest BCUT2D eigenvalue weighted by Gasteiger charge is -2.52. The fourth-order valence-electron chi connectivity index (χ4n) is 3.23. The fraction of sp³-hybridized carbons (Fsp3) is 1.00. The van der Waals surface area contributed by atoms with E-state index < -0.39 is 0 Å². The van der Waals surface area contributed by atoms with Crippen LogP contribution in [0.5, 0.6) is 0 Å². The minimum atomic E-state index is -0.267. The Balaban J connectivity index is 2.18. The second kappa shape index (κ2) is 3.68. The van der Waals surface area contributed by atoms with Crippen LogP contribution >= 0.6 is 8.58 Å². The molecule has 2 aliphatic heterocycles. The van der Waals surface area contributed by atoms with Crippen LogP contribution in [0.15, 0.2) is 0 Å². The Morgan fingerprint density at radius 1 is 0.867 bits per heavy atom. The molecule has 0 N–H and O–H groups in total. The van der Waals surface area contributed by atoms with E-state index in [0.717, 1.165) is 41.1 Å². The van der Waals surface area contributed by atoms with Gasteiger partial charge in [0.25, 0.3) is 0 Å². The molecule has 1 spiro atoms. The van der Waals surface area contributed by atoms with Gasteiger partial charge in [-0.1, -0.05) is 27.7 Å². The van der Waals surface area contributed by atoms with Crippen molar-refractivity contribution < 1.29 is 9.47 Å². The summed E-state index contributed by atoms with van der Waals surface area (Å²) in [5, 5.41) is 0.720. The average molecular weight is 230 g/mol. The molecule has 15 heavy (non-hydrogen) atoms. The maximum Gasteiger partial charge on any atom is 0.169 e. The summed E-state index contributed by atoms with van der Waals surface area (Å²) in [5.74, 6) is -0.267. The molecule has 88 valence electrons. The molecular weight excluding hydrogens is 207 g/mol. The van der Waals surface area contributed by atoms with Gasteiger partial charge in [-0.2, -0.15) is 0 Å². The summed E-state index contributed by atoms with van der Waals surface area (Å²) >= 11 is 0. The van der Waals surface area contributed by atoms with Crippen molar-refractivity contribution in [2.24, 2.45) is 0 Å². The first kappa shape index (κ1) is 11.8. The van der Waals surface area contributed by atoms with Crippen molar-refractivity contribution in [1.29, 1.82) is 0 Å². The van der Waals surface area contributed by atoms with Crippen molar-refractivity contribution >= 4 is 8.58 Å². The van der Waals surface area contributed by atoms with E-state index in [9.17, 15) is 0 Å². The van der Waals surface area contributed by atoms with Crippen molar-refractivity contribution in [2.45, 2.75) is 63.1 Å². The van der Waals surface area contributed by atoms with Crippen LogP contribution in [-0.4, -0.2) is 29.3 Å². The molecule has 0 amide bonds. The predicted octanol–water partition coefficient (Wildman–Crippen LogP) is 3.15. The molecular formula is C12H23O2P. The molecule has 0 unspecified atom stereocenters. The smallest absolute Gasteiger partial charge is 0.169 e. The lowest BCUT2D eigenvalue weighted by molar-refractivity contribution is -0.280. The van der Waals surface area contributed by atoms with Crippen LogP contribution in [0.1, 0.15) is 47.0 Å². The Hall–Kier alpha value is 0.350. The molecule has 2 fully saturated rings. The van der Waals surface area contributed by atoms with Gasteiger partial charge in [-0.05, 0) is 16.7 Å². The summed E-state index contributed by atoms with van der Waals surface area (Å²) in [6, 6.07) is 0. The van der Waals surface area contributed by atoms with Gasteiger partial charge >= 0.3 is 0 Å². The highest BCUT2D eigenvalue weighted by Crippen LogP contribution is 2.57. The highest BCUT2D eigenvalue weighted by atomic mass is 31.1. The normalized spacial score (nSPS) is 32.8. The molecule has 0 aromatic rings. The molecule has 2 rings (SSSR count). The summed E-state index contributed by atoms with van der Waals surface area (Å²) in [6.45, 7) is 11.1. The topological polar surface area (TPSA) is 18.5 Å². The van der Waals surface area contributed by atoms with Gasteiger partial charge < -0.3 is 9.47 Å². The highest BCUT2D eigenvalue weighted by molar-refractivity contribution is 7.41. The fourth-order valence-corrected chi connectivity index (χ4v) is 5.78. The summed E-state index contributed by atoms with van der Waals surface area (Å²) in [5.41, 5.74) is 0. The molecule has 0 atom stereocenters. The molecule has 0 radical (unpaired) electrons. The first-order valence-corrected chi connectivity index (χ1v) is 6.90. The van der Waals surface area contributed by atoms with Crippen LogP contribution in [-0.2, 0) is 9.47 Å². The summed E-state index contributed by atoms with van der Waals surface area (Å²) in [7, 11) is 0.993. The zero-order valence-electron chi connectivity index (χ0n) is 10.4. The van der Waals surface area contributed by atoms with Crippen molar-refractivity contribution in [3.8, 4) is 0 Å². The second-order valence-electron chi connectivity index (χ2n) is 6.21. The summed E-state index contributed by atoms with van der Waals surface area (Å²) in [4.78, 5) is 0. The van der Waals surface area contributed by atoms with Crippen molar-refractivity contribution in [3.63, 3.8) is 0 Å². The Morgan fingerprint density at radius 2 is 1.33 bits per heavy atom. The number of ether oxygens (including phenoxy) is 2. The molecule has 0 aromatic carbocycles. The standard InChI is InChI=1S/C12H23O2P/c1-10(2)8-12(9-11(3,4)15-10)13-6-5-7-14-12/h15H,5-9H2,1-4H3. The molecule has 2 saturated heterocycles. The first-order valence-electron chi connectivity index (χ1n) is 5.90. The second-order valence-corrected chi connectivity index (χ2v) is 9.16. The maximum atomic E-state index is 5.96. The van der Waals surface area contributed by atoms with Gasteiger partial charge in [0.1, 0.15) is 0 Å². The van der Waals surface area contributed by atoms with Crippen LogP contribution in [0.2, 0.25) is 0 Å². The van der Waals surface area contributed by atoms with E-state index >= 15 is 0 Å². The first-order chi connectivity index (χ1) is 6.83. The number of hydrogen-bond donors (Lipinski definition) is 0. The molecule has 0 saturated carbocycles. The minimum absolute atomic E-state index is 0.267. The van der Waals surface area contributed by atoms with Crippen LogP contribution in [0, 0.1) is 0 Å². The molecule has 0 bridgehead atoms. The van der Waals surface area contributed by atoms with E-state index in [1.807, 2.05) is 0 Å². The Morgan fingerprint density at radius 3 is 1.80 bits per heavy atom.